The van der Waals surface area contributed by atoms with E-state index in [2.05, 4.69) is 0 Å². The standard InChI is InChI=1S/C13H19NO2S/c1-7-5-8(2)13-11(6-7)12(14)9(3)10(4)17(13,15)16/h5-6,9-10,12H,14H2,1-4H3. The SMILES string of the molecule is Cc1cc(C)c2c(c1)C(N)C(C)C(C)S2(=O)=O. The molecule has 0 spiro atoms. The number of fused-ring (bicyclic) bond motifs is 1. The van der Waals surface area contributed by atoms with Crippen LogP contribution in [0.25, 0.3) is 0 Å². The monoisotopic (exact) mass is 253 g/mol. The maximum Gasteiger partial charge on any atom is 0.181 e. The fourth-order valence-corrected chi connectivity index (χ4v) is 4.80. The molecule has 4 heteroatoms. The summed E-state index contributed by atoms with van der Waals surface area (Å²) in [6.45, 7) is 7.48. The van der Waals surface area contributed by atoms with Crippen LogP contribution < -0.4 is 5.73 Å². The molecular weight excluding hydrogens is 234 g/mol. The van der Waals surface area contributed by atoms with E-state index < -0.39 is 15.1 Å². The van der Waals surface area contributed by atoms with Crippen LogP contribution in [0, 0.1) is 19.8 Å². The molecule has 0 amide bonds. The number of hydrogen-bond donors (Lipinski definition) is 1. The zero-order valence-electron chi connectivity index (χ0n) is 10.7. The van der Waals surface area contributed by atoms with Gasteiger partial charge in [0.2, 0.25) is 0 Å². The number of sulfone groups is 1. The molecule has 1 aromatic rings. The topological polar surface area (TPSA) is 60.2 Å². The molecule has 1 aliphatic heterocycles. The van der Waals surface area contributed by atoms with Gasteiger partial charge in [0.05, 0.1) is 10.1 Å². The highest BCUT2D eigenvalue weighted by Crippen LogP contribution is 2.40. The normalized spacial score (nSPS) is 31.0. The average molecular weight is 253 g/mol. The van der Waals surface area contributed by atoms with E-state index in [9.17, 15) is 8.42 Å². The highest BCUT2D eigenvalue weighted by Gasteiger charge is 2.41. The first-order valence-electron chi connectivity index (χ1n) is 5.87. The van der Waals surface area contributed by atoms with Crippen LogP contribution in [0.5, 0.6) is 0 Å². The largest absolute Gasteiger partial charge is 0.324 e. The van der Waals surface area contributed by atoms with E-state index in [4.69, 9.17) is 5.73 Å². The summed E-state index contributed by atoms with van der Waals surface area (Å²) in [5.74, 6) is -0.0475. The Morgan fingerprint density at radius 3 is 2.35 bits per heavy atom. The predicted molar refractivity (Wildman–Crippen MR) is 68.7 cm³/mol. The highest BCUT2D eigenvalue weighted by atomic mass is 32.2. The van der Waals surface area contributed by atoms with Gasteiger partial charge in [-0.2, -0.15) is 0 Å². The Bertz CT molecular complexity index is 563. The zero-order chi connectivity index (χ0) is 13.0. The number of aryl methyl sites for hydroxylation is 2. The highest BCUT2D eigenvalue weighted by molar-refractivity contribution is 7.92. The van der Waals surface area contributed by atoms with Crippen LogP contribution in [-0.4, -0.2) is 13.7 Å². The van der Waals surface area contributed by atoms with Crippen molar-refractivity contribution in [2.75, 3.05) is 0 Å². The Morgan fingerprint density at radius 1 is 1.18 bits per heavy atom. The van der Waals surface area contributed by atoms with Crippen LogP contribution in [0.2, 0.25) is 0 Å². The van der Waals surface area contributed by atoms with Gasteiger partial charge in [-0.1, -0.05) is 24.6 Å². The second kappa shape index (κ2) is 3.82. The molecule has 0 radical (unpaired) electrons. The van der Waals surface area contributed by atoms with Gasteiger partial charge in [-0.3, -0.25) is 0 Å². The van der Waals surface area contributed by atoms with E-state index in [1.54, 1.807) is 6.92 Å². The van der Waals surface area contributed by atoms with Gasteiger partial charge in [0, 0.05) is 6.04 Å². The minimum atomic E-state index is -3.23. The van der Waals surface area contributed by atoms with E-state index in [1.165, 1.54) is 0 Å². The predicted octanol–water partition coefficient (Wildman–Crippen LogP) is 2.12. The zero-order valence-corrected chi connectivity index (χ0v) is 11.5. The van der Waals surface area contributed by atoms with Gasteiger partial charge in [0.25, 0.3) is 0 Å². The number of benzene rings is 1. The van der Waals surface area contributed by atoms with Crippen LogP contribution in [0.3, 0.4) is 0 Å². The minimum absolute atomic E-state index is 0.0475. The molecule has 1 aliphatic rings. The summed E-state index contributed by atoms with van der Waals surface area (Å²) in [5, 5.41) is -0.411. The Hall–Kier alpha value is -0.870. The number of rotatable bonds is 0. The molecular formula is C13H19NO2S. The van der Waals surface area contributed by atoms with Crippen molar-refractivity contribution in [3.63, 3.8) is 0 Å². The van der Waals surface area contributed by atoms with Gasteiger partial charge in [-0.15, -0.1) is 0 Å². The third-order valence-electron chi connectivity index (χ3n) is 3.89. The lowest BCUT2D eigenvalue weighted by Crippen LogP contribution is -2.39. The smallest absolute Gasteiger partial charge is 0.181 e. The number of nitrogens with two attached hydrogens (primary N) is 1. The molecule has 2 rings (SSSR count). The van der Waals surface area contributed by atoms with Gasteiger partial charge < -0.3 is 5.73 Å². The van der Waals surface area contributed by atoms with Crippen LogP contribution >= 0.6 is 0 Å². The Labute approximate surface area is 103 Å². The van der Waals surface area contributed by atoms with E-state index in [1.807, 2.05) is 32.9 Å². The quantitative estimate of drug-likeness (QED) is 0.770. The molecule has 0 fully saturated rings. The van der Waals surface area contributed by atoms with E-state index in [0.29, 0.717) is 4.90 Å². The van der Waals surface area contributed by atoms with Crippen molar-refractivity contribution in [3.05, 3.63) is 28.8 Å². The van der Waals surface area contributed by atoms with Gasteiger partial charge in [0.15, 0.2) is 9.84 Å². The van der Waals surface area contributed by atoms with Crippen LogP contribution in [0.15, 0.2) is 17.0 Å². The molecule has 0 saturated heterocycles. The van der Waals surface area contributed by atoms with Crippen LogP contribution in [-0.2, 0) is 9.84 Å². The third kappa shape index (κ3) is 1.70. The van der Waals surface area contributed by atoms with Gasteiger partial charge in [0.1, 0.15) is 0 Å². The van der Waals surface area contributed by atoms with Crippen molar-refractivity contribution in [2.24, 2.45) is 11.7 Å². The summed E-state index contributed by atoms with van der Waals surface area (Å²) in [5.41, 5.74) is 8.84. The summed E-state index contributed by atoms with van der Waals surface area (Å²) in [4.78, 5) is 0.459. The maximum absolute atomic E-state index is 12.4. The van der Waals surface area contributed by atoms with Crippen molar-refractivity contribution >= 4 is 9.84 Å². The fraction of sp³-hybridized carbons (Fsp3) is 0.538. The van der Waals surface area contributed by atoms with Gasteiger partial charge in [-0.25, -0.2) is 8.42 Å². The van der Waals surface area contributed by atoms with E-state index in [-0.39, 0.29) is 12.0 Å². The summed E-state index contributed by atoms with van der Waals surface area (Å²) >= 11 is 0. The van der Waals surface area contributed by atoms with Gasteiger partial charge >= 0.3 is 0 Å². The Balaban J connectivity index is 2.83. The second-order valence-corrected chi connectivity index (χ2v) is 7.38. The summed E-state index contributed by atoms with van der Waals surface area (Å²) in [6, 6.07) is 3.63. The van der Waals surface area contributed by atoms with E-state index >= 15 is 0 Å². The fourth-order valence-electron chi connectivity index (χ4n) is 2.67. The molecule has 94 valence electrons. The van der Waals surface area contributed by atoms with Crippen molar-refractivity contribution < 1.29 is 8.42 Å². The maximum atomic E-state index is 12.4. The van der Waals surface area contributed by atoms with Crippen LogP contribution in [0.1, 0.15) is 36.6 Å². The molecule has 0 aliphatic carbocycles. The second-order valence-electron chi connectivity index (χ2n) is 5.14. The molecule has 0 saturated carbocycles. The number of hydrogen-bond acceptors (Lipinski definition) is 3. The summed E-state index contributed by atoms with van der Waals surface area (Å²) in [6.07, 6.45) is 0. The first-order chi connectivity index (χ1) is 7.76. The molecule has 2 N–H and O–H groups in total. The third-order valence-corrected chi connectivity index (χ3v) is 6.42. The molecule has 3 unspecified atom stereocenters. The van der Waals surface area contributed by atoms with Crippen LogP contribution in [0.4, 0.5) is 0 Å². The van der Waals surface area contributed by atoms with Crippen molar-refractivity contribution in [1.29, 1.82) is 0 Å². The van der Waals surface area contributed by atoms with E-state index in [0.717, 1.165) is 16.7 Å². The summed E-state index contributed by atoms with van der Waals surface area (Å²) < 4.78 is 24.9. The first-order valence-corrected chi connectivity index (χ1v) is 7.42. The van der Waals surface area contributed by atoms with Crippen molar-refractivity contribution in [2.45, 2.75) is 43.9 Å². The molecule has 1 heterocycles. The Morgan fingerprint density at radius 2 is 1.76 bits per heavy atom. The van der Waals surface area contributed by atoms with Crippen molar-refractivity contribution in [1.82, 2.24) is 0 Å². The Kier molecular flexibility index (Phi) is 2.83. The first kappa shape index (κ1) is 12.6. The van der Waals surface area contributed by atoms with Crippen molar-refractivity contribution in [3.8, 4) is 0 Å². The molecule has 1 aromatic carbocycles. The molecule has 3 nitrogen and oxygen atoms in total. The minimum Gasteiger partial charge on any atom is -0.324 e. The van der Waals surface area contributed by atoms with Gasteiger partial charge in [-0.05, 0) is 37.8 Å². The lowest BCUT2D eigenvalue weighted by Gasteiger charge is -2.34. The average Bonchev–Trinajstić information content (AvgIpc) is 2.22. The molecule has 0 bridgehead atoms. The molecule has 3 atom stereocenters. The molecule has 0 aromatic heterocycles. The lowest BCUT2D eigenvalue weighted by atomic mass is 9.90. The molecule has 17 heavy (non-hydrogen) atoms. The summed E-state index contributed by atoms with van der Waals surface area (Å²) in [7, 11) is -3.23. The lowest BCUT2D eigenvalue weighted by molar-refractivity contribution is 0.424.